The van der Waals surface area contributed by atoms with Crippen LogP contribution >= 0.6 is 0 Å². The van der Waals surface area contributed by atoms with E-state index in [-0.39, 0.29) is 12.2 Å². The van der Waals surface area contributed by atoms with Gasteiger partial charge in [-0.3, -0.25) is 4.79 Å². The summed E-state index contributed by atoms with van der Waals surface area (Å²) in [5, 5.41) is 0. The molecule has 0 aromatic rings. The van der Waals surface area contributed by atoms with Crippen molar-refractivity contribution >= 4 is 11.8 Å². The van der Waals surface area contributed by atoms with Gasteiger partial charge >= 0.3 is 5.97 Å². The number of hydrogen-bond donors (Lipinski definition) is 0. The Morgan fingerprint density at radius 2 is 2.00 bits per heavy atom. The van der Waals surface area contributed by atoms with Crippen LogP contribution in [0.25, 0.3) is 0 Å². The Labute approximate surface area is 77.5 Å². The summed E-state index contributed by atoms with van der Waals surface area (Å²) in [6.45, 7) is 6.78. The first kappa shape index (κ1) is 11.8. The van der Waals surface area contributed by atoms with Gasteiger partial charge in [0.15, 0.2) is 5.78 Å². The molecular formula is C9H14O4. The van der Waals surface area contributed by atoms with E-state index in [0.29, 0.717) is 0 Å². The van der Waals surface area contributed by atoms with Crippen molar-refractivity contribution in [2.24, 2.45) is 0 Å². The van der Waals surface area contributed by atoms with E-state index < -0.39 is 17.9 Å². The molecule has 74 valence electrons. The molecule has 0 N–H and O–H groups in total. The number of carbonyl (C=O) groups excluding carboxylic acids is 2. The van der Waals surface area contributed by atoms with E-state index in [1.54, 1.807) is 13.8 Å². The third-order valence-electron chi connectivity index (χ3n) is 1.54. The van der Waals surface area contributed by atoms with Gasteiger partial charge in [0.2, 0.25) is 0 Å². The summed E-state index contributed by atoms with van der Waals surface area (Å²) >= 11 is 0. The average Bonchev–Trinajstić information content (AvgIpc) is 2.14. The molecule has 0 heterocycles. The van der Waals surface area contributed by atoms with Crippen molar-refractivity contribution in [2.75, 3.05) is 13.7 Å². The lowest BCUT2D eigenvalue weighted by atomic mass is 10.1. The number of ketones is 1. The Bertz CT molecular complexity index is 220. The quantitative estimate of drug-likeness (QED) is 0.274. The van der Waals surface area contributed by atoms with E-state index >= 15 is 0 Å². The van der Waals surface area contributed by atoms with Crippen LogP contribution in [0.4, 0.5) is 0 Å². The van der Waals surface area contributed by atoms with Gasteiger partial charge in [-0.05, 0) is 13.8 Å². The van der Waals surface area contributed by atoms with Crippen LogP contribution in [0.5, 0.6) is 0 Å². The van der Waals surface area contributed by atoms with E-state index in [9.17, 15) is 9.59 Å². The van der Waals surface area contributed by atoms with Gasteiger partial charge in [0.1, 0.15) is 6.10 Å². The largest absolute Gasteiger partial charge is 0.462 e. The van der Waals surface area contributed by atoms with E-state index in [2.05, 4.69) is 11.3 Å². The highest BCUT2D eigenvalue weighted by molar-refractivity contribution is 6.18. The molecule has 0 aliphatic rings. The average molecular weight is 186 g/mol. The molecule has 13 heavy (non-hydrogen) atoms. The zero-order valence-electron chi connectivity index (χ0n) is 8.12. The van der Waals surface area contributed by atoms with E-state index in [4.69, 9.17) is 4.74 Å². The van der Waals surface area contributed by atoms with Crippen molar-refractivity contribution in [3.8, 4) is 0 Å². The maximum absolute atomic E-state index is 11.3. The Balaban J connectivity index is 4.26. The molecule has 1 unspecified atom stereocenters. The Kier molecular flexibility index (Phi) is 4.99. The van der Waals surface area contributed by atoms with E-state index in [1.807, 2.05) is 0 Å². The van der Waals surface area contributed by atoms with E-state index in [0.717, 1.165) is 0 Å². The molecule has 0 radical (unpaired) electrons. The maximum atomic E-state index is 11.3. The summed E-state index contributed by atoms with van der Waals surface area (Å²) in [4.78, 5) is 22.3. The summed E-state index contributed by atoms with van der Waals surface area (Å²) in [6.07, 6.45) is -0.656. The predicted octanol–water partition coefficient (Wildman–Crippen LogP) is 0.710. The molecule has 0 saturated carbocycles. The maximum Gasteiger partial charge on any atom is 0.341 e. The second kappa shape index (κ2) is 5.48. The lowest BCUT2D eigenvalue weighted by molar-refractivity contribution is -0.141. The topological polar surface area (TPSA) is 52.6 Å². The fraction of sp³-hybridized carbons (Fsp3) is 0.556. The highest BCUT2D eigenvalue weighted by Gasteiger charge is 2.21. The van der Waals surface area contributed by atoms with Crippen LogP contribution in [0.15, 0.2) is 12.2 Å². The van der Waals surface area contributed by atoms with Crippen molar-refractivity contribution < 1.29 is 19.1 Å². The number of Topliss-reactive ketones (excluding diaryl/α,β-unsaturated/α-hetero) is 1. The number of esters is 1. The van der Waals surface area contributed by atoms with Crippen LogP contribution in [0.3, 0.4) is 0 Å². The molecule has 0 aliphatic carbocycles. The van der Waals surface area contributed by atoms with Crippen molar-refractivity contribution in [1.29, 1.82) is 0 Å². The molecule has 4 nitrogen and oxygen atoms in total. The Hall–Kier alpha value is -1.16. The van der Waals surface area contributed by atoms with Gasteiger partial charge < -0.3 is 9.47 Å². The number of carbonyl (C=O) groups is 2. The molecule has 0 rings (SSSR count). The molecule has 0 aliphatic heterocycles. The molecule has 0 bridgehead atoms. The highest BCUT2D eigenvalue weighted by Crippen LogP contribution is 2.02. The standard InChI is InChI=1S/C9H14O4/c1-5-13-9(11)6(2)8(10)7(3)12-4/h7H,2,5H2,1,3-4H3. The molecule has 0 saturated heterocycles. The van der Waals surface area contributed by atoms with Crippen LogP contribution in [0, 0.1) is 0 Å². The first-order valence-corrected chi connectivity index (χ1v) is 3.97. The lowest BCUT2D eigenvalue weighted by Gasteiger charge is -2.09. The zero-order valence-corrected chi connectivity index (χ0v) is 8.12. The summed E-state index contributed by atoms with van der Waals surface area (Å²) in [6, 6.07) is 0. The number of ether oxygens (including phenoxy) is 2. The van der Waals surface area contributed by atoms with Crippen molar-refractivity contribution in [3.05, 3.63) is 12.2 Å². The minimum atomic E-state index is -0.684. The lowest BCUT2D eigenvalue weighted by Crippen LogP contribution is -2.25. The van der Waals surface area contributed by atoms with Gasteiger partial charge in [0.25, 0.3) is 0 Å². The van der Waals surface area contributed by atoms with Crippen LogP contribution in [-0.4, -0.2) is 31.6 Å². The smallest absolute Gasteiger partial charge is 0.341 e. The minimum Gasteiger partial charge on any atom is -0.462 e. The fourth-order valence-corrected chi connectivity index (χ4v) is 0.671. The van der Waals surface area contributed by atoms with Gasteiger partial charge in [-0.1, -0.05) is 6.58 Å². The molecule has 0 spiro atoms. The highest BCUT2D eigenvalue weighted by atomic mass is 16.5. The summed E-state index contributed by atoms with van der Waals surface area (Å²) in [5.74, 6) is -1.13. The van der Waals surface area contributed by atoms with Crippen LogP contribution < -0.4 is 0 Å². The minimum absolute atomic E-state index is 0.170. The van der Waals surface area contributed by atoms with Gasteiger partial charge in [0.05, 0.1) is 12.2 Å². The van der Waals surface area contributed by atoms with Crippen LogP contribution in [-0.2, 0) is 19.1 Å². The van der Waals surface area contributed by atoms with Crippen molar-refractivity contribution in [2.45, 2.75) is 20.0 Å². The second-order valence-corrected chi connectivity index (χ2v) is 2.44. The third-order valence-corrected chi connectivity index (χ3v) is 1.54. The first-order valence-electron chi connectivity index (χ1n) is 3.97. The molecule has 4 heteroatoms. The Morgan fingerprint density at radius 3 is 2.38 bits per heavy atom. The molecule has 0 aromatic carbocycles. The van der Waals surface area contributed by atoms with Crippen LogP contribution in [0.2, 0.25) is 0 Å². The van der Waals surface area contributed by atoms with Crippen molar-refractivity contribution in [3.63, 3.8) is 0 Å². The third kappa shape index (κ3) is 3.38. The number of hydrogen-bond acceptors (Lipinski definition) is 4. The van der Waals surface area contributed by atoms with Crippen molar-refractivity contribution in [1.82, 2.24) is 0 Å². The zero-order chi connectivity index (χ0) is 10.4. The Morgan fingerprint density at radius 1 is 1.46 bits per heavy atom. The van der Waals surface area contributed by atoms with E-state index in [1.165, 1.54) is 7.11 Å². The first-order chi connectivity index (χ1) is 6.04. The fourth-order valence-electron chi connectivity index (χ4n) is 0.671. The molecular weight excluding hydrogens is 172 g/mol. The van der Waals surface area contributed by atoms with Gasteiger partial charge in [-0.25, -0.2) is 4.79 Å². The summed E-state index contributed by atoms with van der Waals surface area (Å²) < 4.78 is 9.35. The molecule has 1 atom stereocenters. The second-order valence-electron chi connectivity index (χ2n) is 2.44. The number of rotatable bonds is 5. The molecule has 0 fully saturated rings. The summed E-state index contributed by atoms with van der Waals surface area (Å²) in [5.41, 5.74) is -0.170. The predicted molar refractivity (Wildman–Crippen MR) is 47.3 cm³/mol. The van der Waals surface area contributed by atoms with Gasteiger partial charge in [0, 0.05) is 7.11 Å². The van der Waals surface area contributed by atoms with Crippen LogP contribution in [0.1, 0.15) is 13.8 Å². The number of methoxy groups -OCH3 is 1. The normalized spacial score (nSPS) is 11.9. The monoisotopic (exact) mass is 186 g/mol. The van der Waals surface area contributed by atoms with Gasteiger partial charge in [-0.2, -0.15) is 0 Å². The summed E-state index contributed by atoms with van der Waals surface area (Å²) in [7, 11) is 1.39. The SMILES string of the molecule is C=C(C(=O)OCC)C(=O)C(C)OC. The molecule has 0 amide bonds. The van der Waals surface area contributed by atoms with Gasteiger partial charge in [-0.15, -0.1) is 0 Å². The molecule has 0 aromatic heterocycles.